The van der Waals surface area contributed by atoms with Gasteiger partial charge < -0.3 is 10.1 Å². The summed E-state index contributed by atoms with van der Waals surface area (Å²) in [5.41, 5.74) is 4.08. The van der Waals surface area contributed by atoms with Gasteiger partial charge in [0.05, 0.1) is 6.10 Å². The molecule has 0 saturated carbocycles. The lowest BCUT2D eigenvalue weighted by atomic mass is 10.0. The van der Waals surface area contributed by atoms with E-state index in [4.69, 9.17) is 4.74 Å². The normalized spacial score (nSPS) is 12.4. The lowest BCUT2D eigenvalue weighted by molar-refractivity contribution is 0.242. The summed E-state index contributed by atoms with van der Waals surface area (Å²) in [7, 11) is 0. The van der Waals surface area contributed by atoms with E-state index in [1.54, 1.807) is 0 Å². The van der Waals surface area contributed by atoms with Gasteiger partial charge in [0, 0.05) is 6.04 Å². The number of rotatable bonds is 7. The fraction of sp³-hybridized carbons (Fsp3) is 0.400. The molecule has 1 N–H and O–H groups in total. The van der Waals surface area contributed by atoms with Gasteiger partial charge in [0.2, 0.25) is 0 Å². The SMILES string of the molecule is Cc1ccccc1CCNC(C)c1ccc(OC(C)C)cc1. The molecule has 0 radical (unpaired) electrons. The maximum atomic E-state index is 5.68. The molecule has 2 heteroatoms. The molecule has 0 heterocycles. The molecule has 2 aromatic carbocycles. The highest BCUT2D eigenvalue weighted by Crippen LogP contribution is 2.18. The van der Waals surface area contributed by atoms with Gasteiger partial charge in [0.25, 0.3) is 0 Å². The lowest BCUT2D eigenvalue weighted by Crippen LogP contribution is -2.21. The quantitative estimate of drug-likeness (QED) is 0.801. The van der Waals surface area contributed by atoms with Gasteiger partial charge in [0.1, 0.15) is 5.75 Å². The number of nitrogens with one attached hydrogen (secondary N) is 1. The van der Waals surface area contributed by atoms with Gasteiger partial charge in [0.15, 0.2) is 0 Å². The van der Waals surface area contributed by atoms with E-state index in [1.165, 1.54) is 16.7 Å². The zero-order valence-corrected chi connectivity index (χ0v) is 14.1. The van der Waals surface area contributed by atoms with Crippen molar-refractivity contribution >= 4 is 0 Å². The van der Waals surface area contributed by atoms with Crippen LogP contribution in [0.3, 0.4) is 0 Å². The highest BCUT2D eigenvalue weighted by molar-refractivity contribution is 5.29. The Hall–Kier alpha value is -1.80. The minimum absolute atomic E-state index is 0.218. The van der Waals surface area contributed by atoms with Gasteiger partial charge in [-0.25, -0.2) is 0 Å². The highest BCUT2D eigenvalue weighted by Gasteiger charge is 2.06. The van der Waals surface area contributed by atoms with E-state index in [1.807, 2.05) is 13.8 Å². The Morgan fingerprint density at radius 1 is 0.955 bits per heavy atom. The standard InChI is InChI=1S/C20H27NO/c1-15(2)22-20-11-9-19(10-12-20)17(4)21-14-13-18-8-6-5-7-16(18)3/h5-12,15,17,21H,13-14H2,1-4H3. The van der Waals surface area contributed by atoms with Crippen LogP contribution in [-0.2, 0) is 6.42 Å². The fourth-order valence-electron chi connectivity index (χ4n) is 2.54. The van der Waals surface area contributed by atoms with Crippen LogP contribution in [-0.4, -0.2) is 12.6 Å². The number of ether oxygens (including phenoxy) is 1. The van der Waals surface area contributed by atoms with Crippen molar-refractivity contribution in [3.63, 3.8) is 0 Å². The van der Waals surface area contributed by atoms with Crippen molar-refractivity contribution in [1.29, 1.82) is 0 Å². The third-order valence-corrected chi connectivity index (χ3v) is 3.86. The molecule has 0 bridgehead atoms. The molecular formula is C20H27NO. The molecule has 1 unspecified atom stereocenters. The average Bonchev–Trinajstić information content (AvgIpc) is 2.49. The molecule has 0 fully saturated rings. The summed E-state index contributed by atoms with van der Waals surface area (Å²) < 4.78 is 5.68. The third-order valence-electron chi connectivity index (χ3n) is 3.86. The fourth-order valence-corrected chi connectivity index (χ4v) is 2.54. The summed E-state index contributed by atoms with van der Waals surface area (Å²) in [6.45, 7) is 9.45. The van der Waals surface area contributed by atoms with Crippen LogP contribution in [0.5, 0.6) is 5.75 Å². The molecule has 118 valence electrons. The molecule has 2 rings (SSSR count). The molecule has 0 aromatic heterocycles. The van der Waals surface area contributed by atoms with E-state index in [-0.39, 0.29) is 6.10 Å². The monoisotopic (exact) mass is 297 g/mol. The molecule has 0 aliphatic heterocycles. The van der Waals surface area contributed by atoms with Crippen LogP contribution in [0.4, 0.5) is 0 Å². The highest BCUT2D eigenvalue weighted by atomic mass is 16.5. The number of benzene rings is 2. The number of hydrogen-bond acceptors (Lipinski definition) is 2. The van der Waals surface area contributed by atoms with Gasteiger partial charge in [-0.3, -0.25) is 0 Å². The first-order chi connectivity index (χ1) is 10.6. The Morgan fingerprint density at radius 2 is 1.64 bits per heavy atom. The van der Waals surface area contributed by atoms with Gasteiger partial charge in [-0.05, 0) is 69.5 Å². The minimum atomic E-state index is 0.218. The summed E-state index contributed by atoms with van der Waals surface area (Å²) in [5.74, 6) is 0.936. The Balaban J connectivity index is 1.84. The van der Waals surface area contributed by atoms with Crippen LogP contribution in [0.25, 0.3) is 0 Å². The van der Waals surface area contributed by atoms with Crippen molar-refractivity contribution in [2.75, 3.05) is 6.54 Å². The van der Waals surface area contributed by atoms with Crippen LogP contribution in [0.2, 0.25) is 0 Å². The molecule has 2 aromatic rings. The number of hydrogen-bond donors (Lipinski definition) is 1. The molecule has 0 spiro atoms. The van der Waals surface area contributed by atoms with Crippen LogP contribution in [0, 0.1) is 6.92 Å². The predicted molar refractivity (Wildman–Crippen MR) is 93.5 cm³/mol. The van der Waals surface area contributed by atoms with E-state index in [0.29, 0.717) is 6.04 Å². The summed E-state index contributed by atoms with van der Waals surface area (Å²) >= 11 is 0. The zero-order chi connectivity index (χ0) is 15.9. The van der Waals surface area contributed by atoms with Gasteiger partial charge >= 0.3 is 0 Å². The molecule has 0 aliphatic rings. The van der Waals surface area contributed by atoms with Crippen molar-refractivity contribution in [3.05, 3.63) is 65.2 Å². The van der Waals surface area contributed by atoms with Crippen molar-refractivity contribution in [3.8, 4) is 5.75 Å². The van der Waals surface area contributed by atoms with Gasteiger partial charge in [-0.15, -0.1) is 0 Å². The Kier molecular flexibility index (Phi) is 6.02. The Morgan fingerprint density at radius 3 is 2.27 bits per heavy atom. The van der Waals surface area contributed by atoms with Crippen LogP contribution in [0.1, 0.15) is 43.5 Å². The van der Waals surface area contributed by atoms with Crippen molar-refractivity contribution in [1.82, 2.24) is 5.32 Å². The topological polar surface area (TPSA) is 21.3 Å². The minimum Gasteiger partial charge on any atom is -0.491 e. The summed E-state index contributed by atoms with van der Waals surface area (Å²) in [5, 5.41) is 3.59. The molecule has 22 heavy (non-hydrogen) atoms. The Bertz CT molecular complexity index is 575. The first-order valence-electron chi connectivity index (χ1n) is 8.11. The van der Waals surface area contributed by atoms with E-state index in [9.17, 15) is 0 Å². The second-order valence-electron chi connectivity index (χ2n) is 6.09. The van der Waals surface area contributed by atoms with Crippen LogP contribution < -0.4 is 10.1 Å². The van der Waals surface area contributed by atoms with E-state index in [0.717, 1.165) is 18.7 Å². The average molecular weight is 297 g/mol. The molecule has 0 amide bonds. The van der Waals surface area contributed by atoms with Crippen LogP contribution >= 0.6 is 0 Å². The predicted octanol–water partition coefficient (Wildman–Crippen LogP) is 4.68. The van der Waals surface area contributed by atoms with Crippen molar-refractivity contribution in [2.45, 2.75) is 46.3 Å². The molecule has 2 nitrogen and oxygen atoms in total. The summed E-state index contributed by atoms with van der Waals surface area (Å²) in [6.07, 6.45) is 1.28. The van der Waals surface area contributed by atoms with Gasteiger partial charge in [-0.2, -0.15) is 0 Å². The summed E-state index contributed by atoms with van der Waals surface area (Å²) in [6, 6.07) is 17.3. The largest absolute Gasteiger partial charge is 0.491 e. The Labute approximate surface area is 134 Å². The van der Waals surface area contributed by atoms with E-state index < -0.39 is 0 Å². The lowest BCUT2D eigenvalue weighted by Gasteiger charge is -2.16. The molecular weight excluding hydrogens is 270 g/mol. The second kappa shape index (κ2) is 8.00. The maximum Gasteiger partial charge on any atom is 0.119 e. The molecule has 1 atom stereocenters. The van der Waals surface area contributed by atoms with Crippen LogP contribution in [0.15, 0.2) is 48.5 Å². The smallest absolute Gasteiger partial charge is 0.119 e. The summed E-state index contributed by atoms with van der Waals surface area (Å²) in [4.78, 5) is 0. The molecule has 0 saturated heterocycles. The first kappa shape index (κ1) is 16.6. The van der Waals surface area contributed by atoms with Crippen molar-refractivity contribution in [2.24, 2.45) is 0 Å². The first-order valence-corrected chi connectivity index (χ1v) is 8.11. The van der Waals surface area contributed by atoms with E-state index >= 15 is 0 Å². The molecule has 0 aliphatic carbocycles. The maximum absolute atomic E-state index is 5.68. The van der Waals surface area contributed by atoms with Gasteiger partial charge in [-0.1, -0.05) is 36.4 Å². The second-order valence-corrected chi connectivity index (χ2v) is 6.09. The third kappa shape index (κ3) is 4.88. The van der Waals surface area contributed by atoms with E-state index in [2.05, 4.69) is 67.7 Å². The zero-order valence-electron chi connectivity index (χ0n) is 14.1. The van der Waals surface area contributed by atoms with Crippen molar-refractivity contribution < 1.29 is 4.74 Å². The number of aryl methyl sites for hydroxylation is 1.